The molecule has 0 atom stereocenters. The van der Waals surface area contributed by atoms with Crippen molar-refractivity contribution in [2.24, 2.45) is 0 Å². The van der Waals surface area contributed by atoms with Crippen LogP contribution in [0.2, 0.25) is 5.02 Å². The Morgan fingerprint density at radius 3 is 2.89 bits per heavy atom. The minimum absolute atomic E-state index is 0.0245. The number of hydrogen-bond donors (Lipinski definition) is 0. The fourth-order valence-corrected chi connectivity index (χ4v) is 1.94. The van der Waals surface area contributed by atoms with Crippen molar-refractivity contribution in [2.75, 3.05) is 13.7 Å². The van der Waals surface area contributed by atoms with Gasteiger partial charge in [-0.05, 0) is 12.1 Å². The topological polar surface area (TPSA) is 44.1 Å². The molecule has 0 saturated carbocycles. The van der Waals surface area contributed by atoms with E-state index in [4.69, 9.17) is 16.3 Å². The van der Waals surface area contributed by atoms with Crippen LogP contribution in [0.5, 0.6) is 0 Å². The molecule has 0 amide bonds. The number of carbonyl (C=O) groups excluding carboxylic acids is 1. The van der Waals surface area contributed by atoms with Crippen LogP contribution < -0.4 is 0 Å². The van der Waals surface area contributed by atoms with Crippen molar-refractivity contribution in [3.63, 3.8) is 0 Å². The van der Waals surface area contributed by atoms with Crippen LogP contribution in [0.4, 0.5) is 4.39 Å². The number of halogens is 2. The highest BCUT2D eigenvalue weighted by Gasteiger charge is 2.21. The van der Waals surface area contributed by atoms with Crippen molar-refractivity contribution in [1.82, 2.24) is 9.78 Å². The first-order valence-corrected chi connectivity index (χ1v) is 6.02. The predicted molar refractivity (Wildman–Crippen MR) is 68.9 cm³/mol. The van der Waals surface area contributed by atoms with Crippen LogP contribution in [-0.2, 0) is 11.3 Å². The summed E-state index contributed by atoms with van der Waals surface area (Å²) in [7, 11) is 1.55. The first-order chi connectivity index (χ1) is 9.15. The van der Waals surface area contributed by atoms with Crippen LogP contribution in [-0.4, -0.2) is 29.3 Å². The van der Waals surface area contributed by atoms with Gasteiger partial charge in [0.25, 0.3) is 0 Å². The Balaban J connectivity index is 2.39. The van der Waals surface area contributed by atoms with Gasteiger partial charge in [0, 0.05) is 7.11 Å². The lowest BCUT2D eigenvalue weighted by atomic mass is 10.1. The summed E-state index contributed by atoms with van der Waals surface area (Å²) in [5.74, 6) is -1.07. The first-order valence-electron chi connectivity index (χ1n) is 5.64. The van der Waals surface area contributed by atoms with Gasteiger partial charge in [-0.25, -0.2) is 4.39 Å². The van der Waals surface area contributed by atoms with Crippen molar-refractivity contribution in [2.45, 2.75) is 6.54 Å². The molecule has 1 heterocycles. The molecule has 0 radical (unpaired) electrons. The Bertz CT molecular complexity index is 598. The zero-order valence-electron chi connectivity index (χ0n) is 10.3. The minimum atomic E-state index is -0.581. The van der Waals surface area contributed by atoms with Crippen LogP contribution in [0.15, 0.2) is 30.5 Å². The third-order valence-corrected chi connectivity index (χ3v) is 2.91. The maximum absolute atomic E-state index is 13.6. The smallest absolute Gasteiger partial charge is 0.215 e. The number of benzene rings is 1. The fraction of sp³-hybridized carbons (Fsp3) is 0.231. The van der Waals surface area contributed by atoms with E-state index < -0.39 is 11.6 Å². The Labute approximate surface area is 114 Å². The van der Waals surface area contributed by atoms with Gasteiger partial charge >= 0.3 is 0 Å². The SMILES string of the molecule is COCCn1ncc(Cl)c1C(=O)c1ccccc1F. The van der Waals surface area contributed by atoms with Gasteiger partial charge in [0.2, 0.25) is 5.78 Å². The Kier molecular flexibility index (Phi) is 4.29. The molecule has 1 aromatic heterocycles. The summed E-state index contributed by atoms with van der Waals surface area (Å²) in [5.41, 5.74) is 0.146. The van der Waals surface area contributed by atoms with Crippen molar-refractivity contribution in [1.29, 1.82) is 0 Å². The fourth-order valence-electron chi connectivity index (χ4n) is 1.71. The van der Waals surface area contributed by atoms with Crippen LogP contribution >= 0.6 is 11.6 Å². The largest absolute Gasteiger partial charge is 0.383 e. The number of nitrogens with zero attached hydrogens (tertiary/aromatic N) is 2. The lowest BCUT2D eigenvalue weighted by Crippen LogP contribution is -2.15. The third-order valence-electron chi connectivity index (χ3n) is 2.64. The van der Waals surface area contributed by atoms with Gasteiger partial charge in [0.05, 0.1) is 29.9 Å². The van der Waals surface area contributed by atoms with Crippen LogP contribution in [0, 0.1) is 5.82 Å². The van der Waals surface area contributed by atoms with E-state index in [2.05, 4.69) is 5.10 Å². The normalized spacial score (nSPS) is 10.7. The van der Waals surface area contributed by atoms with Crippen LogP contribution in [0.25, 0.3) is 0 Å². The second-order valence-electron chi connectivity index (χ2n) is 3.87. The van der Waals surface area contributed by atoms with E-state index in [1.165, 1.54) is 29.1 Å². The second kappa shape index (κ2) is 5.95. The quantitative estimate of drug-likeness (QED) is 0.792. The zero-order chi connectivity index (χ0) is 13.8. The van der Waals surface area contributed by atoms with E-state index in [-0.39, 0.29) is 16.3 Å². The van der Waals surface area contributed by atoms with E-state index in [0.717, 1.165) is 0 Å². The lowest BCUT2D eigenvalue weighted by molar-refractivity contribution is 0.102. The predicted octanol–water partition coefficient (Wildman–Crippen LogP) is 2.55. The van der Waals surface area contributed by atoms with E-state index >= 15 is 0 Å². The molecule has 4 nitrogen and oxygen atoms in total. The highest BCUT2D eigenvalue weighted by atomic mass is 35.5. The van der Waals surface area contributed by atoms with Crippen molar-refractivity contribution in [3.8, 4) is 0 Å². The molecule has 2 aromatic rings. The average Bonchev–Trinajstić information content (AvgIpc) is 2.77. The molecular weight excluding hydrogens is 271 g/mol. The summed E-state index contributed by atoms with van der Waals surface area (Å²) in [5, 5.41) is 4.19. The molecule has 2 rings (SSSR count). The molecular formula is C13H12ClFN2O2. The van der Waals surface area contributed by atoms with Crippen LogP contribution in [0.1, 0.15) is 16.1 Å². The highest BCUT2D eigenvalue weighted by molar-refractivity contribution is 6.34. The number of carbonyl (C=O) groups is 1. The molecule has 6 heteroatoms. The number of hydrogen-bond acceptors (Lipinski definition) is 3. The van der Waals surface area contributed by atoms with Gasteiger partial charge in [0.15, 0.2) is 0 Å². The standard InChI is InChI=1S/C13H12ClFN2O2/c1-19-7-6-17-12(10(14)8-16-17)13(18)9-4-2-3-5-11(9)15/h2-5,8H,6-7H2,1H3. The second-order valence-corrected chi connectivity index (χ2v) is 4.27. The van der Waals surface area contributed by atoms with Crippen molar-refractivity contribution >= 4 is 17.4 Å². The molecule has 0 aliphatic carbocycles. The van der Waals surface area contributed by atoms with E-state index in [0.29, 0.717) is 13.2 Å². The van der Waals surface area contributed by atoms with Crippen molar-refractivity contribution < 1.29 is 13.9 Å². The molecule has 0 fully saturated rings. The number of aromatic nitrogens is 2. The highest BCUT2D eigenvalue weighted by Crippen LogP contribution is 2.20. The summed E-state index contributed by atoms with van der Waals surface area (Å²) in [4.78, 5) is 12.3. The van der Waals surface area contributed by atoms with Gasteiger partial charge in [-0.3, -0.25) is 9.48 Å². The van der Waals surface area contributed by atoms with Gasteiger partial charge in [-0.1, -0.05) is 23.7 Å². The maximum Gasteiger partial charge on any atom is 0.215 e. The number of ketones is 1. The molecule has 19 heavy (non-hydrogen) atoms. The lowest BCUT2D eigenvalue weighted by Gasteiger charge is -2.07. The number of methoxy groups -OCH3 is 1. The van der Waals surface area contributed by atoms with Crippen molar-refractivity contribution in [3.05, 3.63) is 52.6 Å². The monoisotopic (exact) mass is 282 g/mol. The van der Waals surface area contributed by atoms with Gasteiger partial charge in [-0.15, -0.1) is 0 Å². The minimum Gasteiger partial charge on any atom is -0.383 e. The molecule has 0 aliphatic heterocycles. The summed E-state index contributed by atoms with van der Waals surface area (Å²) in [6.45, 7) is 0.758. The maximum atomic E-state index is 13.6. The Hall–Kier alpha value is -1.72. The molecule has 0 N–H and O–H groups in total. The molecule has 0 unspecified atom stereocenters. The first kappa shape index (κ1) is 13.7. The number of rotatable bonds is 5. The van der Waals surface area contributed by atoms with E-state index in [9.17, 15) is 9.18 Å². The van der Waals surface area contributed by atoms with Crippen LogP contribution in [0.3, 0.4) is 0 Å². The molecule has 0 saturated heterocycles. The summed E-state index contributed by atoms with van der Waals surface area (Å²) < 4.78 is 20.0. The average molecular weight is 283 g/mol. The molecule has 0 spiro atoms. The summed E-state index contributed by atoms with van der Waals surface area (Å²) in [6, 6.07) is 5.77. The molecule has 0 bridgehead atoms. The molecule has 0 aliphatic rings. The number of ether oxygens (including phenoxy) is 1. The molecule has 1 aromatic carbocycles. The zero-order valence-corrected chi connectivity index (χ0v) is 11.0. The van der Waals surface area contributed by atoms with Gasteiger partial charge in [0.1, 0.15) is 11.5 Å². The summed E-state index contributed by atoms with van der Waals surface area (Å²) in [6.07, 6.45) is 1.37. The molecule has 100 valence electrons. The van der Waals surface area contributed by atoms with Gasteiger partial charge < -0.3 is 4.74 Å². The van der Waals surface area contributed by atoms with E-state index in [1.54, 1.807) is 13.2 Å². The Morgan fingerprint density at radius 1 is 1.47 bits per heavy atom. The van der Waals surface area contributed by atoms with E-state index in [1.807, 2.05) is 0 Å². The van der Waals surface area contributed by atoms with Gasteiger partial charge in [-0.2, -0.15) is 5.10 Å². The Morgan fingerprint density at radius 2 is 2.21 bits per heavy atom. The summed E-state index contributed by atoms with van der Waals surface area (Å²) >= 11 is 5.95. The third kappa shape index (κ3) is 2.83.